The van der Waals surface area contributed by atoms with Gasteiger partial charge in [0, 0.05) is 12.3 Å². The Balaban J connectivity index is 2.62. The number of halogens is 2. The summed E-state index contributed by atoms with van der Waals surface area (Å²) >= 11 is 3.15. The van der Waals surface area contributed by atoms with Gasteiger partial charge in [-0.1, -0.05) is 0 Å². The van der Waals surface area contributed by atoms with Crippen molar-refractivity contribution in [1.82, 2.24) is 9.38 Å². The molecule has 0 spiro atoms. The van der Waals surface area contributed by atoms with Gasteiger partial charge in [-0.2, -0.15) is 0 Å². The quantitative estimate of drug-likeness (QED) is 0.908. The molecule has 0 aliphatic heterocycles. The first-order valence-corrected chi connectivity index (χ1v) is 4.91. The van der Waals surface area contributed by atoms with Crippen LogP contribution in [-0.4, -0.2) is 20.5 Å². The van der Waals surface area contributed by atoms with E-state index in [1.165, 1.54) is 18.3 Å². The average molecular weight is 273 g/mol. The Bertz CT molecular complexity index is 538. The van der Waals surface area contributed by atoms with Gasteiger partial charge >= 0.3 is 5.97 Å². The Hall–Kier alpha value is -1.43. The molecule has 0 aliphatic rings. The van der Waals surface area contributed by atoms with E-state index >= 15 is 0 Å². The summed E-state index contributed by atoms with van der Waals surface area (Å²) in [6, 6.07) is 2.55. The maximum atomic E-state index is 12.9. The summed E-state index contributed by atoms with van der Waals surface area (Å²) in [4.78, 5) is 14.5. The molecule has 15 heavy (non-hydrogen) atoms. The fraction of sp³-hybridized carbons (Fsp3) is 0.111. The van der Waals surface area contributed by atoms with Crippen molar-refractivity contribution in [2.45, 2.75) is 6.42 Å². The Morgan fingerprint density at radius 3 is 3.07 bits per heavy atom. The van der Waals surface area contributed by atoms with Crippen molar-refractivity contribution in [3.63, 3.8) is 0 Å². The number of rotatable bonds is 2. The average Bonchev–Trinajstić information content (AvgIpc) is 2.42. The maximum Gasteiger partial charge on any atom is 0.311 e. The SMILES string of the molecule is O=C(O)Cc1nc(Br)c2cc(F)ccn12. The first-order valence-electron chi connectivity index (χ1n) is 4.11. The third-order valence-corrected chi connectivity index (χ3v) is 2.53. The van der Waals surface area contributed by atoms with Crippen molar-refractivity contribution in [3.8, 4) is 0 Å². The van der Waals surface area contributed by atoms with Crippen LogP contribution in [0.1, 0.15) is 5.82 Å². The zero-order valence-electron chi connectivity index (χ0n) is 7.44. The molecular formula is C9H6BrFN2O2. The minimum absolute atomic E-state index is 0.196. The highest BCUT2D eigenvalue weighted by Crippen LogP contribution is 2.19. The lowest BCUT2D eigenvalue weighted by atomic mass is 10.4. The molecule has 2 heterocycles. The van der Waals surface area contributed by atoms with E-state index in [2.05, 4.69) is 20.9 Å². The summed E-state index contributed by atoms with van der Waals surface area (Å²) in [5.41, 5.74) is 0.520. The number of hydrogen-bond donors (Lipinski definition) is 1. The van der Waals surface area contributed by atoms with E-state index in [1.807, 2.05) is 0 Å². The van der Waals surface area contributed by atoms with Crippen LogP contribution in [0.25, 0.3) is 5.52 Å². The van der Waals surface area contributed by atoms with E-state index in [0.717, 1.165) is 0 Å². The number of pyridine rings is 1. The topological polar surface area (TPSA) is 54.6 Å². The molecule has 0 amide bonds. The van der Waals surface area contributed by atoms with Crippen LogP contribution in [0.15, 0.2) is 22.9 Å². The van der Waals surface area contributed by atoms with Gasteiger partial charge in [0.05, 0.1) is 5.52 Å². The van der Waals surface area contributed by atoms with E-state index < -0.39 is 5.97 Å². The number of carboxylic acids is 1. The van der Waals surface area contributed by atoms with Crippen molar-refractivity contribution in [3.05, 3.63) is 34.6 Å². The highest BCUT2D eigenvalue weighted by Gasteiger charge is 2.12. The van der Waals surface area contributed by atoms with Crippen LogP contribution >= 0.6 is 15.9 Å². The van der Waals surface area contributed by atoms with Gasteiger partial charge in [0.15, 0.2) is 0 Å². The van der Waals surface area contributed by atoms with Gasteiger partial charge in [-0.05, 0) is 22.0 Å². The van der Waals surface area contributed by atoms with Crippen molar-refractivity contribution in [2.75, 3.05) is 0 Å². The number of aliphatic carboxylic acids is 1. The van der Waals surface area contributed by atoms with E-state index in [9.17, 15) is 9.18 Å². The van der Waals surface area contributed by atoms with Crippen LogP contribution in [0.2, 0.25) is 0 Å². The predicted molar refractivity (Wildman–Crippen MR) is 54.2 cm³/mol. The monoisotopic (exact) mass is 272 g/mol. The lowest BCUT2D eigenvalue weighted by Crippen LogP contribution is -2.04. The van der Waals surface area contributed by atoms with Gasteiger partial charge in [0.2, 0.25) is 0 Å². The maximum absolute atomic E-state index is 12.9. The molecule has 4 nitrogen and oxygen atoms in total. The number of imidazole rings is 1. The van der Waals surface area contributed by atoms with Crippen molar-refractivity contribution >= 4 is 27.4 Å². The minimum Gasteiger partial charge on any atom is -0.481 e. The molecule has 2 rings (SSSR count). The smallest absolute Gasteiger partial charge is 0.311 e. The highest BCUT2D eigenvalue weighted by atomic mass is 79.9. The van der Waals surface area contributed by atoms with Crippen LogP contribution in [0, 0.1) is 5.82 Å². The van der Waals surface area contributed by atoms with Gasteiger partial charge in [0.25, 0.3) is 0 Å². The lowest BCUT2D eigenvalue weighted by Gasteiger charge is -1.97. The van der Waals surface area contributed by atoms with Crippen LogP contribution in [0.5, 0.6) is 0 Å². The number of aromatic nitrogens is 2. The van der Waals surface area contributed by atoms with Crippen LogP contribution < -0.4 is 0 Å². The van der Waals surface area contributed by atoms with Crippen LogP contribution in [0.4, 0.5) is 4.39 Å². The number of carboxylic acid groups (broad SMARTS) is 1. The standard InChI is InChI=1S/C9H6BrFN2O2/c10-9-6-3-5(11)1-2-13(6)7(12-9)4-8(14)15/h1-3H,4H2,(H,14,15). The van der Waals surface area contributed by atoms with E-state index in [1.54, 1.807) is 4.40 Å². The Morgan fingerprint density at radius 1 is 1.67 bits per heavy atom. The number of carbonyl (C=O) groups is 1. The Kier molecular flexibility index (Phi) is 2.44. The normalized spacial score (nSPS) is 10.8. The number of fused-ring (bicyclic) bond motifs is 1. The molecule has 0 aromatic carbocycles. The van der Waals surface area contributed by atoms with E-state index in [0.29, 0.717) is 15.9 Å². The zero-order chi connectivity index (χ0) is 11.0. The van der Waals surface area contributed by atoms with Gasteiger partial charge in [0.1, 0.15) is 22.7 Å². The van der Waals surface area contributed by atoms with Crippen LogP contribution in [0.3, 0.4) is 0 Å². The molecule has 0 aliphatic carbocycles. The largest absolute Gasteiger partial charge is 0.481 e. The second-order valence-electron chi connectivity index (χ2n) is 2.99. The fourth-order valence-electron chi connectivity index (χ4n) is 1.34. The first kappa shape index (κ1) is 10.1. The molecule has 1 N–H and O–H groups in total. The van der Waals surface area contributed by atoms with Crippen LogP contribution in [-0.2, 0) is 11.2 Å². The lowest BCUT2D eigenvalue weighted by molar-refractivity contribution is -0.136. The molecule has 0 saturated carbocycles. The second-order valence-corrected chi connectivity index (χ2v) is 3.74. The van der Waals surface area contributed by atoms with Gasteiger partial charge < -0.3 is 9.51 Å². The number of hydrogen-bond acceptors (Lipinski definition) is 2. The third kappa shape index (κ3) is 1.85. The summed E-state index contributed by atoms with van der Waals surface area (Å²) in [5, 5.41) is 8.65. The van der Waals surface area contributed by atoms with Crippen molar-refractivity contribution in [1.29, 1.82) is 0 Å². The van der Waals surface area contributed by atoms with Crippen molar-refractivity contribution in [2.24, 2.45) is 0 Å². The summed E-state index contributed by atoms with van der Waals surface area (Å²) in [7, 11) is 0. The van der Waals surface area contributed by atoms with E-state index in [-0.39, 0.29) is 12.2 Å². The molecule has 2 aromatic heterocycles. The molecule has 0 fully saturated rings. The molecular weight excluding hydrogens is 267 g/mol. The summed E-state index contributed by atoms with van der Waals surface area (Å²) in [6.45, 7) is 0. The fourth-order valence-corrected chi connectivity index (χ4v) is 1.85. The molecule has 6 heteroatoms. The first-order chi connectivity index (χ1) is 7.08. The minimum atomic E-state index is -0.973. The highest BCUT2D eigenvalue weighted by molar-refractivity contribution is 9.10. The molecule has 0 unspecified atom stereocenters. The Labute approximate surface area is 92.5 Å². The van der Waals surface area contributed by atoms with Gasteiger partial charge in [-0.25, -0.2) is 9.37 Å². The molecule has 78 valence electrons. The molecule has 0 atom stereocenters. The molecule has 2 aromatic rings. The zero-order valence-corrected chi connectivity index (χ0v) is 9.03. The predicted octanol–water partition coefficient (Wildman–Crippen LogP) is 1.86. The molecule has 0 saturated heterocycles. The molecule has 0 radical (unpaired) electrons. The van der Waals surface area contributed by atoms with Gasteiger partial charge in [-0.15, -0.1) is 0 Å². The van der Waals surface area contributed by atoms with Crippen molar-refractivity contribution < 1.29 is 14.3 Å². The number of nitrogens with zero attached hydrogens (tertiary/aromatic N) is 2. The second kappa shape index (κ2) is 3.62. The summed E-state index contributed by atoms with van der Waals surface area (Å²) < 4.78 is 14.9. The third-order valence-electron chi connectivity index (χ3n) is 1.94. The summed E-state index contributed by atoms with van der Waals surface area (Å²) in [6.07, 6.45) is 1.26. The molecule has 0 bridgehead atoms. The Morgan fingerprint density at radius 2 is 2.40 bits per heavy atom. The van der Waals surface area contributed by atoms with Gasteiger partial charge in [-0.3, -0.25) is 4.79 Å². The van der Waals surface area contributed by atoms with E-state index in [4.69, 9.17) is 5.11 Å². The summed E-state index contributed by atoms with van der Waals surface area (Å²) in [5.74, 6) is -0.993.